The quantitative estimate of drug-likeness (QED) is 0.534. The van der Waals surface area contributed by atoms with E-state index in [1.165, 1.54) is 56.5 Å². The highest BCUT2D eigenvalue weighted by atomic mass is 35.5. The van der Waals surface area contributed by atoms with Gasteiger partial charge in [0.15, 0.2) is 5.49 Å². The zero-order valence-corrected chi connectivity index (χ0v) is 16.7. The number of nitrogens with one attached hydrogen (secondary N) is 1. The average Bonchev–Trinajstić information content (AvgIpc) is 3.13. The Morgan fingerprint density at radius 3 is 2.56 bits per heavy atom. The Morgan fingerprint density at radius 2 is 1.85 bits per heavy atom. The Labute approximate surface area is 167 Å². The number of hydrogen-bond acceptors (Lipinski definition) is 7. The van der Waals surface area contributed by atoms with Gasteiger partial charge in [-0.1, -0.05) is 36.2 Å². The van der Waals surface area contributed by atoms with Gasteiger partial charge < -0.3 is 21.5 Å². The molecule has 0 bridgehead atoms. The number of pyridine rings is 1. The molecule has 2 aromatic heterocycles. The molecule has 0 unspecified atom stereocenters. The van der Waals surface area contributed by atoms with Gasteiger partial charge >= 0.3 is 0 Å². The number of nitrogens with two attached hydrogens (primary N) is 2. The van der Waals surface area contributed by atoms with E-state index in [1.54, 1.807) is 12.3 Å². The number of anilines is 2. The monoisotopic (exact) mass is 405 g/mol. The van der Waals surface area contributed by atoms with Crippen molar-refractivity contribution in [3.8, 4) is 0 Å². The number of rotatable bonds is 3. The lowest BCUT2D eigenvalue weighted by atomic mass is 9.77. The second kappa shape index (κ2) is 7.59. The smallest absolute Gasteiger partial charge is 0.204 e. The number of hydrogen-bond donors (Lipinski definition) is 3. The van der Waals surface area contributed by atoms with Gasteiger partial charge in [0.05, 0.1) is 9.92 Å². The molecule has 1 aliphatic carbocycles. The summed E-state index contributed by atoms with van der Waals surface area (Å²) >= 11 is 7.63. The third-order valence-electron chi connectivity index (χ3n) is 5.75. The SMILES string of the molecule is N/N=c1\[nH]c(N2CCC3(CCCC3)CC2)ncc1Sc1cc(N)ncc1Cl. The van der Waals surface area contributed by atoms with Crippen LogP contribution in [-0.4, -0.2) is 28.0 Å². The topological polar surface area (TPSA) is 109 Å². The highest BCUT2D eigenvalue weighted by Gasteiger charge is 2.37. The molecule has 3 heterocycles. The second-order valence-electron chi connectivity index (χ2n) is 7.38. The van der Waals surface area contributed by atoms with E-state index in [4.69, 9.17) is 23.2 Å². The maximum absolute atomic E-state index is 6.21. The molecule has 5 N–H and O–H groups in total. The fraction of sp³-hybridized carbons (Fsp3) is 0.500. The van der Waals surface area contributed by atoms with E-state index >= 15 is 0 Å². The highest BCUT2D eigenvalue weighted by molar-refractivity contribution is 7.99. The van der Waals surface area contributed by atoms with Crippen molar-refractivity contribution in [3.63, 3.8) is 0 Å². The van der Waals surface area contributed by atoms with Crippen LogP contribution in [0.3, 0.4) is 0 Å². The first kappa shape index (κ1) is 18.4. The van der Waals surface area contributed by atoms with Crippen LogP contribution in [0.15, 0.2) is 33.4 Å². The van der Waals surface area contributed by atoms with Gasteiger partial charge in [0, 0.05) is 30.4 Å². The van der Waals surface area contributed by atoms with Gasteiger partial charge in [-0.2, -0.15) is 5.10 Å². The molecule has 144 valence electrons. The largest absolute Gasteiger partial charge is 0.384 e. The number of aromatic nitrogens is 3. The molecule has 0 atom stereocenters. The maximum Gasteiger partial charge on any atom is 0.204 e. The molecule has 1 saturated carbocycles. The molecule has 27 heavy (non-hydrogen) atoms. The van der Waals surface area contributed by atoms with Gasteiger partial charge in [-0.3, -0.25) is 0 Å². The molecule has 1 aliphatic heterocycles. The number of halogens is 1. The Balaban J connectivity index is 1.53. The van der Waals surface area contributed by atoms with Gasteiger partial charge in [-0.15, -0.1) is 0 Å². The van der Waals surface area contributed by atoms with Crippen molar-refractivity contribution < 1.29 is 0 Å². The Hall–Kier alpha value is -1.93. The molecule has 4 rings (SSSR count). The fourth-order valence-corrected chi connectivity index (χ4v) is 5.25. The molecule has 9 heteroatoms. The van der Waals surface area contributed by atoms with Gasteiger partial charge in [0.1, 0.15) is 5.82 Å². The third-order valence-corrected chi connectivity index (χ3v) is 7.24. The van der Waals surface area contributed by atoms with E-state index < -0.39 is 0 Å². The van der Waals surface area contributed by atoms with Gasteiger partial charge in [0.25, 0.3) is 0 Å². The van der Waals surface area contributed by atoms with Crippen LogP contribution in [0.5, 0.6) is 0 Å². The molecular formula is C18H24ClN7S. The summed E-state index contributed by atoms with van der Waals surface area (Å²) in [5, 5.41) is 4.44. The van der Waals surface area contributed by atoms with E-state index in [-0.39, 0.29) is 0 Å². The molecule has 2 aromatic rings. The Bertz CT molecular complexity index is 882. The maximum atomic E-state index is 6.21. The predicted octanol–water partition coefficient (Wildman–Crippen LogP) is 3.13. The van der Waals surface area contributed by atoms with Crippen LogP contribution < -0.4 is 22.0 Å². The molecule has 2 aliphatic rings. The van der Waals surface area contributed by atoms with Crippen LogP contribution in [0.25, 0.3) is 0 Å². The lowest BCUT2D eigenvalue weighted by Gasteiger charge is -2.39. The number of aromatic amines is 1. The first-order chi connectivity index (χ1) is 13.1. The third kappa shape index (κ3) is 3.87. The molecule has 0 amide bonds. The zero-order valence-electron chi connectivity index (χ0n) is 15.1. The molecule has 0 radical (unpaired) electrons. The van der Waals surface area contributed by atoms with Crippen molar-refractivity contribution in [1.82, 2.24) is 15.0 Å². The molecule has 1 saturated heterocycles. The average molecular weight is 406 g/mol. The minimum Gasteiger partial charge on any atom is -0.384 e. The van der Waals surface area contributed by atoms with E-state index in [0.717, 1.165) is 28.8 Å². The minimum atomic E-state index is 0.413. The summed E-state index contributed by atoms with van der Waals surface area (Å²) in [6.45, 7) is 2.04. The summed E-state index contributed by atoms with van der Waals surface area (Å²) in [5.74, 6) is 6.86. The van der Waals surface area contributed by atoms with Crippen molar-refractivity contribution in [2.45, 2.75) is 48.3 Å². The van der Waals surface area contributed by atoms with E-state index in [9.17, 15) is 0 Å². The van der Waals surface area contributed by atoms with Crippen molar-refractivity contribution in [3.05, 3.63) is 29.0 Å². The molecule has 0 aromatic carbocycles. The molecular weight excluding hydrogens is 382 g/mol. The van der Waals surface area contributed by atoms with Gasteiger partial charge in [0.2, 0.25) is 5.95 Å². The van der Waals surface area contributed by atoms with Crippen LogP contribution in [0.4, 0.5) is 11.8 Å². The van der Waals surface area contributed by atoms with E-state index in [1.807, 2.05) is 0 Å². The normalized spacial score (nSPS) is 19.7. The van der Waals surface area contributed by atoms with E-state index in [0.29, 0.717) is 21.7 Å². The summed E-state index contributed by atoms with van der Waals surface area (Å²) in [6, 6.07) is 1.73. The van der Waals surface area contributed by atoms with Crippen molar-refractivity contribution in [2.75, 3.05) is 23.7 Å². The van der Waals surface area contributed by atoms with Gasteiger partial charge in [-0.25, -0.2) is 9.97 Å². The van der Waals surface area contributed by atoms with Crippen molar-refractivity contribution >= 4 is 35.1 Å². The van der Waals surface area contributed by atoms with Crippen LogP contribution in [0.2, 0.25) is 5.02 Å². The summed E-state index contributed by atoms with van der Waals surface area (Å²) in [5.41, 5.74) is 6.92. The van der Waals surface area contributed by atoms with Crippen LogP contribution >= 0.6 is 23.4 Å². The van der Waals surface area contributed by atoms with Crippen molar-refractivity contribution in [2.24, 2.45) is 16.4 Å². The minimum absolute atomic E-state index is 0.413. The molecule has 7 nitrogen and oxygen atoms in total. The highest BCUT2D eigenvalue weighted by Crippen LogP contribution is 2.46. The van der Waals surface area contributed by atoms with Crippen LogP contribution in [0, 0.1) is 5.41 Å². The summed E-state index contributed by atoms with van der Waals surface area (Å²) < 4.78 is 0. The molecule has 2 fully saturated rings. The summed E-state index contributed by atoms with van der Waals surface area (Å²) in [7, 11) is 0. The lowest BCUT2D eigenvalue weighted by Crippen LogP contribution is -2.40. The number of nitrogens with zero attached hydrogens (tertiary/aromatic N) is 4. The zero-order chi connectivity index (χ0) is 18.9. The van der Waals surface area contributed by atoms with Crippen LogP contribution in [0.1, 0.15) is 38.5 Å². The lowest BCUT2D eigenvalue weighted by molar-refractivity contribution is 0.225. The number of H-pyrrole nitrogens is 1. The van der Waals surface area contributed by atoms with Gasteiger partial charge in [-0.05, 0) is 37.2 Å². The molecule has 1 spiro atoms. The predicted molar refractivity (Wildman–Crippen MR) is 108 cm³/mol. The fourth-order valence-electron chi connectivity index (χ4n) is 4.16. The standard InChI is InChI=1S/C18H24ClN7S/c19-12-10-22-15(20)9-13(12)27-14-11-23-17(24-16(14)25-21)26-7-5-18(6-8-26)3-1-2-4-18/h9-11H,1-8,21H2,(H2,20,22)(H,23,24,25). The number of nitrogen functional groups attached to an aromatic ring is 1. The first-order valence-corrected chi connectivity index (χ1v) is 10.5. The Kier molecular flexibility index (Phi) is 5.19. The van der Waals surface area contributed by atoms with E-state index in [2.05, 4.69) is 25.0 Å². The van der Waals surface area contributed by atoms with Crippen molar-refractivity contribution in [1.29, 1.82) is 0 Å². The van der Waals surface area contributed by atoms with Crippen LogP contribution in [-0.2, 0) is 0 Å². The summed E-state index contributed by atoms with van der Waals surface area (Å²) in [6.07, 6.45) is 11.3. The Morgan fingerprint density at radius 1 is 1.11 bits per heavy atom. The summed E-state index contributed by atoms with van der Waals surface area (Å²) in [4.78, 5) is 15.8. The number of piperidine rings is 1. The first-order valence-electron chi connectivity index (χ1n) is 9.26. The second-order valence-corrected chi connectivity index (χ2v) is 8.88.